The lowest BCUT2D eigenvalue weighted by Gasteiger charge is -2.16. The maximum absolute atomic E-state index is 5.12. The fraction of sp³-hybridized carbons (Fsp3) is 0.182. The topological polar surface area (TPSA) is 34.2 Å². The van der Waals surface area contributed by atoms with Gasteiger partial charge in [0.05, 0.1) is 12.1 Å². The summed E-state index contributed by atoms with van der Waals surface area (Å²) in [5.74, 6) is 0.836. The summed E-state index contributed by atoms with van der Waals surface area (Å²) in [5, 5.41) is 1.16. The van der Waals surface area contributed by atoms with E-state index >= 15 is 0 Å². The van der Waals surface area contributed by atoms with E-state index in [1.807, 2.05) is 18.2 Å². The molecule has 0 fully saturated rings. The van der Waals surface area contributed by atoms with Crippen LogP contribution in [0.4, 0.5) is 5.82 Å². The van der Waals surface area contributed by atoms with Gasteiger partial charge in [0.2, 0.25) is 0 Å². The highest BCUT2D eigenvalue weighted by atomic mass is 16.6. The molecule has 1 radical (unpaired) electrons. The molecule has 1 aromatic heterocycles. The van der Waals surface area contributed by atoms with Gasteiger partial charge in [-0.25, -0.2) is 10.5 Å². The van der Waals surface area contributed by atoms with E-state index in [1.54, 1.807) is 0 Å². The quantitative estimate of drug-likeness (QED) is 0.681. The molecule has 0 amide bonds. The molecule has 1 aromatic carbocycles. The molecule has 0 aliphatic carbocycles. The van der Waals surface area contributed by atoms with Gasteiger partial charge >= 0.3 is 0 Å². The molecule has 2 heterocycles. The summed E-state index contributed by atoms with van der Waals surface area (Å²) < 4.78 is 0. The van der Waals surface area contributed by atoms with E-state index in [0.29, 0.717) is 6.61 Å². The molecule has 0 unspecified atom stereocenters. The number of fused-ring (bicyclic) bond motifs is 2. The Morgan fingerprint density at radius 3 is 3.50 bits per heavy atom. The molecule has 3 heteroatoms. The molecule has 0 saturated carbocycles. The van der Waals surface area contributed by atoms with Gasteiger partial charge in [-0.2, -0.15) is 0 Å². The van der Waals surface area contributed by atoms with Crippen molar-refractivity contribution in [1.82, 2.24) is 4.98 Å². The summed E-state index contributed by atoms with van der Waals surface area (Å²) >= 11 is 0. The minimum absolute atomic E-state index is 0.707. The van der Waals surface area contributed by atoms with Crippen LogP contribution in [0.25, 0.3) is 10.9 Å². The van der Waals surface area contributed by atoms with E-state index in [1.165, 1.54) is 5.56 Å². The average Bonchev–Trinajstić information content (AvgIpc) is 2.26. The SMILES string of the molecule is [c]1ccc2cc3c(nc2c1)NOCC3. The lowest BCUT2D eigenvalue weighted by Crippen LogP contribution is -2.15. The Bertz CT molecular complexity index is 437. The van der Waals surface area contributed by atoms with Crippen LogP contribution in [0, 0.1) is 6.07 Å². The second kappa shape index (κ2) is 2.96. The predicted octanol–water partition coefficient (Wildman–Crippen LogP) is 1.93. The molecule has 0 spiro atoms. The monoisotopic (exact) mass is 185 g/mol. The minimum atomic E-state index is 0.707. The van der Waals surface area contributed by atoms with Gasteiger partial charge in [-0.15, -0.1) is 0 Å². The summed E-state index contributed by atoms with van der Waals surface area (Å²) in [6, 6.07) is 11.0. The zero-order chi connectivity index (χ0) is 9.38. The van der Waals surface area contributed by atoms with Crippen LogP contribution in [0.2, 0.25) is 0 Å². The predicted molar refractivity (Wildman–Crippen MR) is 53.9 cm³/mol. The molecule has 69 valence electrons. The zero-order valence-electron chi connectivity index (χ0n) is 7.58. The van der Waals surface area contributed by atoms with Crippen LogP contribution in [-0.4, -0.2) is 11.6 Å². The lowest BCUT2D eigenvalue weighted by molar-refractivity contribution is 0.185. The first-order chi connectivity index (χ1) is 6.93. The van der Waals surface area contributed by atoms with Crippen LogP contribution in [-0.2, 0) is 11.3 Å². The van der Waals surface area contributed by atoms with Crippen LogP contribution in [0.15, 0.2) is 24.3 Å². The Morgan fingerprint density at radius 1 is 1.50 bits per heavy atom. The second-order valence-corrected chi connectivity index (χ2v) is 3.32. The fourth-order valence-electron chi connectivity index (χ4n) is 1.66. The minimum Gasteiger partial charge on any atom is -0.274 e. The van der Waals surface area contributed by atoms with E-state index in [0.717, 1.165) is 23.1 Å². The lowest BCUT2D eigenvalue weighted by atomic mass is 10.1. The number of anilines is 1. The second-order valence-electron chi connectivity index (χ2n) is 3.32. The van der Waals surface area contributed by atoms with Gasteiger partial charge in [-0.1, -0.05) is 12.1 Å². The van der Waals surface area contributed by atoms with Gasteiger partial charge < -0.3 is 0 Å². The molecule has 1 N–H and O–H groups in total. The van der Waals surface area contributed by atoms with Crippen molar-refractivity contribution < 1.29 is 4.84 Å². The van der Waals surface area contributed by atoms with E-state index < -0.39 is 0 Å². The highest BCUT2D eigenvalue weighted by molar-refractivity contribution is 5.81. The number of rotatable bonds is 0. The highest BCUT2D eigenvalue weighted by Gasteiger charge is 2.10. The Morgan fingerprint density at radius 2 is 2.50 bits per heavy atom. The molecular weight excluding hydrogens is 176 g/mol. The van der Waals surface area contributed by atoms with E-state index in [-0.39, 0.29) is 0 Å². The summed E-state index contributed by atoms with van der Waals surface area (Å²) in [7, 11) is 0. The summed E-state index contributed by atoms with van der Waals surface area (Å²) in [6.07, 6.45) is 0.921. The van der Waals surface area contributed by atoms with Gasteiger partial charge in [0.15, 0.2) is 5.82 Å². The third kappa shape index (κ3) is 1.14. The van der Waals surface area contributed by atoms with E-state index in [9.17, 15) is 0 Å². The van der Waals surface area contributed by atoms with Crippen LogP contribution < -0.4 is 5.48 Å². The molecule has 0 bridgehead atoms. The third-order valence-electron chi connectivity index (χ3n) is 2.38. The van der Waals surface area contributed by atoms with Crippen LogP contribution in [0.3, 0.4) is 0 Å². The number of pyridine rings is 1. The normalized spacial score (nSPS) is 14.9. The highest BCUT2D eigenvalue weighted by Crippen LogP contribution is 2.22. The fourth-order valence-corrected chi connectivity index (χ4v) is 1.66. The first-order valence-electron chi connectivity index (χ1n) is 4.61. The third-order valence-corrected chi connectivity index (χ3v) is 2.38. The molecule has 1 aliphatic heterocycles. The number of nitrogens with zero attached hydrogens (tertiary/aromatic N) is 1. The average molecular weight is 185 g/mol. The van der Waals surface area contributed by atoms with Crippen molar-refractivity contribution in [3.8, 4) is 0 Å². The molecule has 2 aromatic rings. The number of aromatic nitrogens is 1. The molecule has 0 saturated heterocycles. The molecular formula is C11H9N2O. The molecule has 0 atom stereocenters. The Labute approximate surface area is 81.7 Å². The van der Waals surface area contributed by atoms with Crippen molar-refractivity contribution in [3.05, 3.63) is 35.9 Å². The largest absolute Gasteiger partial charge is 0.274 e. The van der Waals surface area contributed by atoms with E-state index in [2.05, 4.69) is 22.6 Å². The van der Waals surface area contributed by atoms with E-state index in [4.69, 9.17) is 4.84 Å². The summed E-state index contributed by atoms with van der Waals surface area (Å²) in [5.41, 5.74) is 5.00. The van der Waals surface area contributed by atoms with Crippen molar-refractivity contribution in [2.24, 2.45) is 0 Å². The van der Waals surface area contributed by atoms with Crippen LogP contribution in [0.1, 0.15) is 5.56 Å². The van der Waals surface area contributed by atoms with Gasteiger partial charge in [0.1, 0.15) is 0 Å². The smallest absolute Gasteiger partial charge is 0.153 e. The maximum atomic E-state index is 5.12. The number of nitrogens with one attached hydrogen (secondary N) is 1. The van der Waals surface area contributed by atoms with Crippen molar-refractivity contribution >= 4 is 16.7 Å². The van der Waals surface area contributed by atoms with Gasteiger partial charge in [0.25, 0.3) is 0 Å². The van der Waals surface area contributed by atoms with Gasteiger partial charge in [-0.05, 0) is 23.8 Å². The van der Waals surface area contributed by atoms with Crippen molar-refractivity contribution in [2.75, 3.05) is 12.1 Å². The molecule has 14 heavy (non-hydrogen) atoms. The maximum Gasteiger partial charge on any atom is 0.153 e. The Kier molecular flexibility index (Phi) is 1.64. The van der Waals surface area contributed by atoms with Gasteiger partial charge in [-0.3, -0.25) is 4.84 Å². The molecule has 3 rings (SSSR count). The first-order valence-corrected chi connectivity index (χ1v) is 4.61. The van der Waals surface area contributed by atoms with Crippen molar-refractivity contribution in [1.29, 1.82) is 0 Å². The Balaban J connectivity index is 2.27. The number of benzene rings is 1. The molecule has 3 nitrogen and oxygen atoms in total. The summed E-state index contributed by atoms with van der Waals surface area (Å²) in [6.45, 7) is 0.707. The summed E-state index contributed by atoms with van der Waals surface area (Å²) in [4.78, 5) is 9.57. The standard InChI is InChI=1S/C11H9N2O/c1-2-4-10-8(3-1)7-9-5-6-14-13-11(9)12-10/h1,3-4,7H,5-6H2,(H,12,13). The van der Waals surface area contributed by atoms with Crippen molar-refractivity contribution in [2.45, 2.75) is 6.42 Å². The zero-order valence-corrected chi connectivity index (χ0v) is 7.58. The molecule has 1 aliphatic rings. The number of hydrogen-bond donors (Lipinski definition) is 1. The number of hydrogen-bond acceptors (Lipinski definition) is 3. The van der Waals surface area contributed by atoms with Crippen LogP contribution in [0.5, 0.6) is 0 Å². The first kappa shape index (κ1) is 7.76. The Hall–Kier alpha value is -1.61. The van der Waals surface area contributed by atoms with Crippen molar-refractivity contribution in [3.63, 3.8) is 0 Å². The van der Waals surface area contributed by atoms with Gasteiger partial charge in [0, 0.05) is 11.8 Å². The van der Waals surface area contributed by atoms with Crippen LogP contribution >= 0.6 is 0 Å².